The first-order valence-electron chi connectivity index (χ1n) is 6.98. The predicted molar refractivity (Wildman–Crippen MR) is 80.3 cm³/mol. The number of carbonyl (C=O) groups excluding carboxylic acids is 1. The molecule has 1 amide bonds. The summed E-state index contributed by atoms with van der Waals surface area (Å²) in [5.74, 6) is 0.0526. The normalized spacial score (nSPS) is 14.0. The van der Waals surface area contributed by atoms with Gasteiger partial charge in [-0.2, -0.15) is 0 Å². The summed E-state index contributed by atoms with van der Waals surface area (Å²) >= 11 is 0. The Morgan fingerprint density at radius 3 is 2.16 bits per heavy atom. The first-order valence-corrected chi connectivity index (χ1v) is 6.98. The molecular formula is C16H26N2O. The molecule has 0 radical (unpaired) electrons. The maximum Gasteiger partial charge on any atom is 0.236 e. The summed E-state index contributed by atoms with van der Waals surface area (Å²) in [6.07, 6.45) is 0. The second-order valence-corrected chi connectivity index (χ2v) is 5.32. The summed E-state index contributed by atoms with van der Waals surface area (Å²) in [7, 11) is 0. The molecule has 106 valence electrons. The summed E-state index contributed by atoms with van der Waals surface area (Å²) in [4.78, 5) is 11.8. The molecule has 1 aromatic rings. The van der Waals surface area contributed by atoms with Gasteiger partial charge in [0.15, 0.2) is 0 Å². The molecule has 0 aliphatic heterocycles. The third-order valence-electron chi connectivity index (χ3n) is 3.42. The molecule has 2 atom stereocenters. The van der Waals surface area contributed by atoms with Crippen LogP contribution in [-0.4, -0.2) is 18.5 Å². The van der Waals surface area contributed by atoms with Gasteiger partial charge in [0.1, 0.15) is 0 Å². The number of hydrogen-bond acceptors (Lipinski definition) is 2. The summed E-state index contributed by atoms with van der Waals surface area (Å²) < 4.78 is 0. The maximum absolute atomic E-state index is 11.8. The van der Waals surface area contributed by atoms with Crippen molar-refractivity contribution in [2.24, 2.45) is 0 Å². The number of benzene rings is 1. The molecule has 0 bridgehead atoms. The van der Waals surface area contributed by atoms with Crippen molar-refractivity contribution >= 4 is 5.91 Å². The van der Waals surface area contributed by atoms with E-state index in [4.69, 9.17) is 0 Å². The summed E-state index contributed by atoms with van der Waals surface area (Å²) in [6.45, 7) is 13.0. The molecule has 0 saturated heterocycles. The van der Waals surface area contributed by atoms with Crippen molar-refractivity contribution in [3.8, 4) is 0 Å². The second-order valence-electron chi connectivity index (χ2n) is 5.32. The van der Waals surface area contributed by atoms with Gasteiger partial charge in [0.05, 0.1) is 6.04 Å². The fourth-order valence-corrected chi connectivity index (χ4v) is 2.74. The van der Waals surface area contributed by atoms with Crippen molar-refractivity contribution in [1.29, 1.82) is 0 Å². The Morgan fingerprint density at radius 2 is 1.68 bits per heavy atom. The zero-order valence-electron chi connectivity index (χ0n) is 12.9. The van der Waals surface area contributed by atoms with Crippen LogP contribution in [0.15, 0.2) is 12.1 Å². The zero-order chi connectivity index (χ0) is 14.6. The number of carbonyl (C=O) groups is 1. The van der Waals surface area contributed by atoms with E-state index in [0.717, 1.165) is 0 Å². The van der Waals surface area contributed by atoms with E-state index in [0.29, 0.717) is 6.54 Å². The Balaban J connectivity index is 2.84. The van der Waals surface area contributed by atoms with Gasteiger partial charge in [0, 0.05) is 12.6 Å². The van der Waals surface area contributed by atoms with E-state index in [1.165, 1.54) is 22.3 Å². The second kappa shape index (κ2) is 6.71. The largest absolute Gasteiger partial charge is 0.355 e. The van der Waals surface area contributed by atoms with Gasteiger partial charge in [0.25, 0.3) is 0 Å². The number of hydrogen-bond donors (Lipinski definition) is 2. The van der Waals surface area contributed by atoms with Gasteiger partial charge in [-0.05, 0) is 58.2 Å². The highest BCUT2D eigenvalue weighted by Crippen LogP contribution is 2.23. The lowest BCUT2D eigenvalue weighted by Gasteiger charge is -2.23. The van der Waals surface area contributed by atoms with E-state index in [2.05, 4.69) is 50.5 Å². The van der Waals surface area contributed by atoms with Crippen molar-refractivity contribution in [3.05, 3.63) is 34.4 Å². The molecule has 2 unspecified atom stereocenters. The quantitative estimate of drug-likeness (QED) is 0.856. The molecule has 0 spiro atoms. The maximum atomic E-state index is 11.8. The summed E-state index contributed by atoms with van der Waals surface area (Å²) in [5.41, 5.74) is 5.13. The molecule has 3 nitrogen and oxygen atoms in total. The van der Waals surface area contributed by atoms with Crippen LogP contribution < -0.4 is 10.6 Å². The van der Waals surface area contributed by atoms with Crippen LogP contribution in [0.5, 0.6) is 0 Å². The average molecular weight is 262 g/mol. The number of rotatable bonds is 5. The molecule has 0 heterocycles. The topological polar surface area (TPSA) is 41.1 Å². The molecule has 19 heavy (non-hydrogen) atoms. The standard InChI is InChI=1S/C16H26N2O/c1-7-17-16(19)14(6)18-13(5)15-11(3)8-10(2)9-12(15)4/h8-9,13-14,18H,7H2,1-6H3,(H,17,19). The van der Waals surface area contributed by atoms with Gasteiger partial charge in [-0.1, -0.05) is 17.7 Å². The van der Waals surface area contributed by atoms with Crippen LogP contribution in [0.3, 0.4) is 0 Å². The molecule has 0 aliphatic carbocycles. The number of amides is 1. The molecule has 3 heteroatoms. The van der Waals surface area contributed by atoms with E-state index in [9.17, 15) is 4.79 Å². The highest BCUT2D eigenvalue weighted by atomic mass is 16.2. The third-order valence-corrected chi connectivity index (χ3v) is 3.42. The number of nitrogens with one attached hydrogen (secondary N) is 2. The Labute approximate surface area is 116 Å². The molecular weight excluding hydrogens is 236 g/mol. The Kier molecular flexibility index (Phi) is 5.55. The Hall–Kier alpha value is -1.35. The summed E-state index contributed by atoms with van der Waals surface area (Å²) in [5, 5.41) is 6.21. The molecule has 1 aromatic carbocycles. The van der Waals surface area contributed by atoms with Gasteiger partial charge in [-0.15, -0.1) is 0 Å². The fraction of sp³-hybridized carbons (Fsp3) is 0.562. The minimum Gasteiger partial charge on any atom is -0.355 e. The Morgan fingerprint density at radius 1 is 1.16 bits per heavy atom. The van der Waals surface area contributed by atoms with Gasteiger partial charge < -0.3 is 5.32 Å². The average Bonchev–Trinajstić information content (AvgIpc) is 2.27. The van der Waals surface area contributed by atoms with Gasteiger partial charge in [-0.3, -0.25) is 10.1 Å². The first-order chi connectivity index (χ1) is 8.86. The van der Waals surface area contributed by atoms with E-state index in [-0.39, 0.29) is 18.0 Å². The lowest BCUT2D eigenvalue weighted by molar-refractivity contribution is -0.122. The first kappa shape index (κ1) is 15.7. The van der Waals surface area contributed by atoms with Crippen molar-refractivity contribution in [3.63, 3.8) is 0 Å². The van der Waals surface area contributed by atoms with E-state index >= 15 is 0 Å². The highest BCUT2D eigenvalue weighted by Gasteiger charge is 2.18. The van der Waals surface area contributed by atoms with E-state index in [1.54, 1.807) is 0 Å². The highest BCUT2D eigenvalue weighted by molar-refractivity contribution is 5.81. The van der Waals surface area contributed by atoms with Crippen molar-refractivity contribution in [2.75, 3.05) is 6.54 Å². The van der Waals surface area contributed by atoms with Gasteiger partial charge >= 0.3 is 0 Å². The van der Waals surface area contributed by atoms with Crippen LogP contribution in [0.2, 0.25) is 0 Å². The van der Waals surface area contributed by atoms with Crippen LogP contribution in [0.25, 0.3) is 0 Å². The molecule has 0 aliphatic rings. The van der Waals surface area contributed by atoms with Crippen LogP contribution in [-0.2, 0) is 4.79 Å². The van der Waals surface area contributed by atoms with Crippen molar-refractivity contribution < 1.29 is 4.79 Å². The van der Waals surface area contributed by atoms with Crippen molar-refractivity contribution in [1.82, 2.24) is 10.6 Å². The van der Waals surface area contributed by atoms with E-state index < -0.39 is 0 Å². The van der Waals surface area contributed by atoms with Crippen molar-refractivity contribution in [2.45, 2.75) is 53.6 Å². The Bertz CT molecular complexity index is 431. The molecule has 0 saturated carbocycles. The zero-order valence-corrected chi connectivity index (χ0v) is 12.9. The smallest absolute Gasteiger partial charge is 0.236 e. The molecule has 2 N–H and O–H groups in total. The van der Waals surface area contributed by atoms with Crippen LogP contribution in [0.4, 0.5) is 0 Å². The number of aryl methyl sites for hydroxylation is 3. The van der Waals surface area contributed by atoms with Crippen LogP contribution in [0, 0.1) is 20.8 Å². The fourth-order valence-electron chi connectivity index (χ4n) is 2.74. The molecule has 1 rings (SSSR count). The van der Waals surface area contributed by atoms with Gasteiger partial charge in [0.2, 0.25) is 5.91 Å². The minimum atomic E-state index is -0.185. The monoisotopic (exact) mass is 262 g/mol. The lowest BCUT2D eigenvalue weighted by Crippen LogP contribution is -2.43. The third kappa shape index (κ3) is 4.06. The number of likely N-dealkylation sites (N-methyl/N-ethyl adjacent to an activating group) is 1. The van der Waals surface area contributed by atoms with Crippen LogP contribution >= 0.6 is 0 Å². The SMILES string of the molecule is CCNC(=O)C(C)NC(C)c1c(C)cc(C)cc1C. The predicted octanol–water partition coefficient (Wildman–Crippen LogP) is 2.79. The van der Waals surface area contributed by atoms with E-state index in [1.807, 2.05) is 13.8 Å². The minimum absolute atomic E-state index is 0.0526. The molecule has 0 aromatic heterocycles. The van der Waals surface area contributed by atoms with Gasteiger partial charge in [-0.25, -0.2) is 0 Å². The van der Waals surface area contributed by atoms with Crippen LogP contribution in [0.1, 0.15) is 49.1 Å². The molecule has 0 fully saturated rings. The lowest BCUT2D eigenvalue weighted by atomic mass is 9.94. The summed E-state index contributed by atoms with van der Waals surface area (Å²) in [6, 6.07) is 4.36.